The molecule has 1 aromatic carbocycles. The summed E-state index contributed by atoms with van der Waals surface area (Å²) in [6, 6.07) is 9.74. The van der Waals surface area contributed by atoms with Gasteiger partial charge in [0.05, 0.1) is 11.5 Å². The smallest absolute Gasteiger partial charge is 0.221 e. The Hall–Kier alpha value is -1.05. The van der Waals surface area contributed by atoms with Crippen LogP contribution in [0.4, 0.5) is 0 Å². The van der Waals surface area contributed by atoms with Crippen LogP contribution in [-0.2, 0) is 14.6 Å². The van der Waals surface area contributed by atoms with E-state index in [0.717, 1.165) is 5.75 Å². The molecule has 0 saturated carbocycles. The SMILES string of the molecule is O=C(CC1CS(=O)(=O)CCN1)NCCSc1ccccc1. The average molecular weight is 328 g/mol. The molecule has 2 rings (SSSR count). The molecule has 2 N–H and O–H groups in total. The van der Waals surface area contributed by atoms with Gasteiger partial charge in [-0.25, -0.2) is 8.42 Å². The Morgan fingerprint density at radius 2 is 2.10 bits per heavy atom. The molecule has 0 aliphatic carbocycles. The van der Waals surface area contributed by atoms with Gasteiger partial charge in [0, 0.05) is 36.2 Å². The highest BCUT2D eigenvalue weighted by Crippen LogP contribution is 2.15. The molecule has 21 heavy (non-hydrogen) atoms. The molecular weight excluding hydrogens is 308 g/mol. The monoisotopic (exact) mass is 328 g/mol. The van der Waals surface area contributed by atoms with E-state index in [0.29, 0.717) is 13.1 Å². The zero-order valence-electron chi connectivity index (χ0n) is 11.7. The second-order valence-corrected chi connectivity index (χ2v) is 8.38. The van der Waals surface area contributed by atoms with Gasteiger partial charge in [-0.15, -0.1) is 11.8 Å². The third kappa shape index (κ3) is 6.07. The Kier molecular flexibility index (Phi) is 6.08. The largest absolute Gasteiger partial charge is 0.355 e. The molecule has 1 heterocycles. The topological polar surface area (TPSA) is 75.3 Å². The Labute approximate surface area is 129 Å². The molecule has 0 bridgehead atoms. The summed E-state index contributed by atoms with van der Waals surface area (Å²) in [6.07, 6.45) is 0.217. The lowest BCUT2D eigenvalue weighted by Gasteiger charge is -2.23. The van der Waals surface area contributed by atoms with Crippen LogP contribution in [0.5, 0.6) is 0 Å². The summed E-state index contributed by atoms with van der Waals surface area (Å²) >= 11 is 1.68. The Morgan fingerprint density at radius 3 is 2.81 bits per heavy atom. The van der Waals surface area contributed by atoms with Gasteiger partial charge in [0.25, 0.3) is 0 Å². The number of nitrogens with one attached hydrogen (secondary N) is 2. The zero-order chi connectivity index (χ0) is 15.1. The predicted octanol–water partition coefficient (Wildman–Crippen LogP) is 0.672. The third-order valence-electron chi connectivity index (χ3n) is 3.17. The maximum Gasteiger partial charge on any atom is 0.221 e. The maximum atomic E-state index is 11.8. The van der Waals surface area contributed by atoms with Gasteiger partial charge >= 0.3 is 0 Å². The van der Waals surface area contributed by atoms with E-state index in [1.807, 2.05) is 30.3 Å². The molecule has 1 saturated heterocycles. The lowest BCUT2D eigenvalue weighted by Crippen LogP contribution is -2.47. The lowest BCUT2D eigenvalue weighted by atomic mass is 10.2. The van der Waals surface area contributed by atoms with Crippen molar-refractivity contribution < 1.29 is 13.2 Å². The number of benzene rings is 1. The van der Waals surface area contributed by atoms with Crippen molar-refractivity contribution in [2.24, 2.45) is 0 Å². The van der Waals surface area contributed by atoms with Gasteiger partial charge in [-0.1, -0.05) is 18.2 Å². The lowest BCUT2D eigenvalue weighted by molar-refractivity contribution is -0.121. The summed E-state index contributed by atoms with van der Waals surface area (Å²) in [5.41, 5.74) is 0. The molecule has 1 aliphatic heterocycles. The van der Waals surface area contributed by atoms with Gasteiger partial charge in [0.1, 0.15) is 0 Å². The highest BCUT2D eigenvalue weighted by Gasteiger charge is 2.25. The quantitative estimate of drug-likeness (QED) is 0.593. The number of amides is 1. The molecule has 0 spiro atoms. The van der Waals surface area contributed by atoms with Gasteiger partial charge < -0.3 is 10.6 Å². The van der Waals surface area contributed by atoms with Crippen LogP contribution in [0.2, 0.25) is 0 Å². The van der Waals surface area contributed by atoms with Crippen LogP contribution in [0.1, 0.15) is 6.42 Å². The normalized spacial score (nSPS) is 20.9. The van der Waals surface area contributed by atoms with E-state index in [1.165, 1.54) is 4.90 Å². The van der Waals surface area contributed by atoms with Crippen molar-refractivity contribution in [2.75, 3.05) is 30.3 Å². The summed E-state index contributed by atoms with van der Waals surface area (Å²) in [5.74, 6) is 0.919. The fourth-order valence-corrected chi connectivity index (χ4v) is 4.40. The minimum absolute atomic E-state index is 0.0547. The second kappa shape index (κ2) is 7.82. The van der Waals surface area contributed by atoms with Crippen molar-refractivity contribution in [1.82, 2.24) is 10.6 Å². The maximum absolute atomic E-state index is 11.8. The zero-order valence-corrected chi connectivity index (χ0v) is 13.4. The summed E-state index contributed by atoms with van der Waals surface area (Å²) < 4.78 is 23.0. The molecule has 116 valence electrons. The third-order valence-corrected chi connectivity index (χ3v) is 5.92. The van der Waals surface area contributed by atoms with Gasteiger partial charge in [-0.05, 0) is 12.1 Å². The molecular formula is C14H20N2O3S2. The van der Waals surface area contributed by atoms with Gasteiger partial charge in [-0.3, -0.25) is 4.79 Å². The van der Waals surface area contributed by atoms with Gasteiger partial charge in [0.2, 0.25) is 5.91 Å². The van der Waals surface area contributed by atoms with E-state index < -0.39 is 9.84 Å². The summed E-state index contributed by atoms with van der Waals surface area (Å²) in [5, 5.41) is 5.91. The van der Waals surface area contributed by atoms with E-state index >= 15 is 0 Å². The van der Waals surface area contributed by atoms with Crippen LogP contribution >= 0.6 is 11.8 Å². The first kappa shape index (κ1) is 16.3. The Morgan fingerprint density at radius 1 is 1.33 bits per heavy atom. The van der Waals surface area contributed by atoms with E-state index in [2.05, 4.69) is 10.6 Å². The second-order valence-electron chi connectivity index (χ2n) is 4.98. The highest BCUT2D eigenvalue weighted by molar-refractivity contribution is 7.99. The molecule has 1 aromatic rings. The molecule has 5 nitrogen and oxygen atoms in total. The van der Waals surface area contributed by atoms with Crippen LogP contribution < -0.4 is 10.6 Å². The first-order valence-corrected chi connectivity index (χ1v) is 9.74. The molecule has 1 atom stereocenters. The number of sulfone groups is 1. The molecule has 7 heteroatoms. The molecule has 1 aliphatic rings. The van der Waals surface area contributed by atoms with Crippen LogP contribution in [0.25, 0.3) is 0 Å². The Bertz CT molecular complexity index is 561. The molecule has 1 amide bonds. The first-order valence-electron chi connectivity index (χ1n) is 6.93. The number of hydrogen-bond donors (Lipinski definition) is 2. The van der Waals surface area contributed by atoms with E-state index in [-0.39, 0.29) is 29.9 Å². The number of hydrogen-bond acceptors (Lipinski definition) is 5. The predicted molar refractivity (Wildman–Crippen MR) is 85.2 cm³/mol. The fraction of sp³-hybridized carbons (Fsp3) is 0.500. The number of carbonyl (C=O) groups excluding carboxylic acids is 1. The van der Waals surface area contributed by atoms with Crippen LogP contribution in [0, 0.1) is 0 Å². The van der Waals surface area contributed by atoms with Crippen molar-refractivity contribution in [3.63, 3.8) is 0 Å². The fourth-order valence-electron chi connectivity index (χ4n) is 2.17. The molecule has 1 unspecified atom stereocenters. The first-order chi connectivity index (χ1) is 10.1. The van der Waals surface area contributed by atoms with Gasteiger partial charge in [0.15, 0.2) is 9.84 Å². The van der Waals surface area contributed by atoms with E-state index in [4.69, 9.17) is 0 Å². The van der Waals surface area contributed by atoms with E-state index in [1.54, 1.807) is 11.8 Å². The van der Waals surface area contributed by atoms with Crippen molar-refractivity contribution in [3.05, 3.63) is 30.3 Å². The number of rotatable bonds is 6. The minimum atomic E-state index is -2.99. The van der Waals surface area contributed by atoms with Crippen LogP contribution in [0.15, 0.2) is 35.2 Å². The Balaban J connectivity index is 1.64. The van der Waals surface area contributed by atoms with Crippen molar-refractivity contribution in [3.8, 4) is 0 Å². The van der Waals surface area contributed by atoms with Gasteiger partial charge in [-0.2, -0.15) is 0 Å². The van der Waals surface area contributed by atoms with Crippen LogP contribution in [0.3, 0.4) is 0 Å². The van der Waals surface area contributed by atoms with Crippen molar-refractivity contribution >= 4 is 27.5 Å². The number of carbonyl (C=O) groups is 1. The summed E-state index contributed by atoms with van der Waals surface area (Å²) in [7, 11) is -2.99. The standard InChI is InChI=1S/C14H20N2O3S2/c17-14(10-12-11-21(18,19)9-7-15-12)16-6-8-20-13-4-2-1-3-5-13/h1-5,12,15H,6-11H2,(H,16,17). The summed E-state index contributed by atoms with van der Waals surface area (Å²) in [4.78, 5) is 13.0. The van der Waals surface area contributed by atoms with Crippen molar-refractivity contribution in [2.45, 2.75) is 17.4 Å². The molecule has 1 fully saturated rings. The highest BCUT2D eigenvalue weighted by atomic mass is 32.2. The van der Waals surface area contributed by atoms with Crippen molar-refractivity contribution in [1.29, 1.82) is 0 Å². The molecule has 0 radical (unpaired) electrons. The summed E-state index contributed by atoms with van der Waals surface area (Å²) in [6.45, 7) is 1.02. The number of thioether (sulfide) groups is 1. The molecule has 0 aromatic heterocycles. The minimum Gasteiger partial charge on any atom is -0.355 e. The van der Waals surface area contributed by atoms with E-state index in [9.17, 15) is 13.2 Å². The van der Waals surface area contributed by atoms with Crippen LogP contribution in [-0.4, -0.2) is 50.7 Å². The average Bonchev–Trinajstić information content (AvgIpc) is 2.44.